The van der Waals surface area contributed by atoms with Crippen LogP contribution in [0.3, 0.4) is 0 Å². The first-order valence-corrected chi connectivity index (χ1v) is 6.28. The Labute approximate surface area is 93.2 Å². The van der Waals surface area contributed by atoms with E-state index in [1.165, 1.54) is 23.0 Å². The highest BCUT2D eigenvalue weighted by atomic mass is 32.2. The summed E-state index contributed by atoms with van der Waals surface area (Å²) in [4.78, 5) is 0. The van der Waals surface area contributed by atoms with E-state index in [0.29, 0.717) is 13.0 Å². The number of halogens is 1. The summed E-state index contributed by atoms with van der Waals surface area (Å²) in [5.41, 5.74) is 0. The monoisotopic (exact) mass is 245 g/mol. The van der Waals surface area contributed by atoms with Crippen LogP contribution in [0.2, 0.25) is 0 Å². The van der Waals surface area contributed by atoms with Crippen molar-refractivity contribution < 1.29 is 12.8 Å². The number of hydrogen-bond acceptors (Lipinski definition) is 3. The summed E-state index contributed by atoms with van der Waals surface area (Å²) in [6.07, 6.45) is 3.22. The van der Waals surface area contributed by atoms with E-state index < -0.39 is 15.9 Å². The first-order chi connectivity index (χ1) is 7.51. The Morgan fingerprint density at radius 1 is 1.50 bits per heavy atom. The van der Waals surface area contributed by atoms with Crippen LogP contribution in [0.1, 0.15) is 6.42 Å². The molecule has 0 saturated heterocycles. The van der Waals surface area contributed by atoms with E-state index in [9.17, 15) is 12.8 Å². The zero-order chi connectivity index (χ0) is 11.8. The van der Waals surface area contributed by atoms with Crippen LogP contribution in [0.4, 0.5) is 4.39 Å². The minimum atomic E-state index is -3.63. The van der Waals surface area contributed by atoms with Crippen LogP contribution in [0, 0.1) is 0 Å². The Kier molecular flexibility index (Phi) is 2.81. The second-order valence-corrected chi connectivity index (χ2v) is 5.46. The molecule has 0 aromatic carbocycles. The number of aryl methyl sites for hydroxylation is 1. The molecule has 0 bridgehead atoms. The van der Waals surface area contributed by atoms with E-state index in [1.807, 2.05) is 0 Å². The lowest BCUT2D eigenvalue weighted by Gasteiger charge is -2.23. The van der Waals surface area contributed by atoms with Crippen molar-refractivity contribution in [3.8, 4) is 0 Å². The van der Waals surface area contributed by atoms with Crippen LogP contribution >= 0.6 is 0 Å². The Hall–Kier alpha value is -1.21. The molecule has 16 heavy (non-hydrogen) atoms. The molecule has 2 rings (SSSR count). The van der Waals surface area contributed by atoms with Gasteiger partial charge in [-0.1, -0.05) is 6.08 Å². The van der Waals surface area contributed by atoms with E-state index in [2.05, 4.69) is 5.10 Å². The molecule has 0 radical (unpaired) electrons. The third-order valence-corrected chi connectivity index (χ3v) is 4.37. The van der Waals surface area contributed by atoms with Crippen molar-refractivity contribution in [3.63, 3.8) is 0 Å². The minimum absolute atomic E-state index is 0.0854. The Morgan fingerprint density at radius 2 is 2.25 bits per heavy atom. The first kappa shape index (κ1) is 11.3. The molecule has 0 amide bonds. The molecule has 0 unspecified atom stereocenters. The van der Waals surface area contributed by atoms with Crippen LogP contribution in [-0.4, -0.2) is 35.6 Å². The predicted molar refractivity (Wildman–Crippen MR) is 55.8 cm³/mol. The summed E-state index contributed by atoms with van der Waals surface area (Å²) in [6, 6.07) is 1.41. The van der Waals surface area contributed by atoms with Gasteiger partial charge in [-0.15, -0.1) is 0 Å². The minimum Gasteiger partial charge on any atom is -0.256 e. The summed E-state index contributed by atoms with van der Waals surface area (Å²) < 4.78 is 39.6. The summed E-state index contributed by atoms with van der Waals surface area (Å²) in [6.45, 7) is 0.119. The van der Waals surface area contributed by atoms with Gasteiger partial charge in [0.05, 0.1) is 12.7 Å². The fourth-order valence-electron chi connectivity index (χ4n) is 1.63. The highest BCUT2D eigenvalue weighted by Crippen LogP contribution is 2.20. The molecule has 1 aromatic heterocycles. The fourth-order valence-corrected chi connectivity index (χ4v) is 3.15. The van der Waals surface area contributed by atoms with Crippen molar-refractivity contribution in [3.05, 3.63) is 24.2 Å². The molecule has 0 fully saturated rings. The summed E-state index contributed by atoms with van der Waals surface area (Å²) in [7, 11) is -2.08. The normalized spacial score (nSPS) is 18.5. The van der Waals surface area contributed by atoms with Crippen LogP contribution in [-0.2, 0) is 17.1 Å². The average molecular weight is 245 g/mol. The molecule has 1 aliphatic rings. The lowest BCUT2D eigenvalue weighted by molar-refractivity contribution is 0.384. The number of nitrogens with zero attached hydrogens (tertiary/aromatic N) is 3. The molecule has 2 heterocycles. The van der Waals surface area contributed by atoms with Gasteiger partial charge in [0.15, 0.2) is 5.03 Å². The van der Waals surface area contributed by atoms with E-state index in [4.69, 9.17) is 0 Å². The largest absolute Gasteiger partial charge is 0.260 e. The smallest absolute Gasteiger partial charge is 0.256 e. The lowest BCUT2D eigenvalue weighted by Crippen LogP contribution is -2.36. The third kappa shape index (κ3) is 1.88. The van der Waals surface area contributed by atoms with Gasteiger partial charge in [0, 0.05) is 13.6 Å². The summed E-state index contributed by atoms with van der Waals surface area (Å²) in [5, 5.41) is 3.88. The topological polar surface area (TPSA) is 55.2 Å². The molecule has 0 aliphatic carbocycles. The summed E-state index contributed by atoms with van der Waals surface area (Å²) >= 11 is 0. The molecule has 1 aliphatic heterocycles. The van der Waals surface area contributed by atoms with Crippen molar-refractivity contribution in [2.75, 3.05) is 13.1 Å². The highest BCUT2D eigenvalue weighted by Gasteiger charge is 2.29. The molecule has 7 heteroatoms. The van der Waals surface area contributed by atoms with Gasteiger partial charge in [-0.25, -0.2) is 12.8 Å². The van der Waals surface area contributed by atoms with Gasteiger partial charge in [-0.2, -0.15) is 9.40 Å². The van der Waals surface area contributed by atoms with Gasteiger partial charge in [-0.05, 0) is 12.5 Å². The van der Waals surface area contributed by atoms with Gasteiger partial charge in [0.25, 0.3) is 10.0 Å². The van der Waals surface area contributed by atoms with Gasteiger partial charge < -0.3 is 0 Å². The number of rotatable bonds is 2. The van der Waals surface area contributed by atoms with Crippen molar-refractivity contribution >= 4 is 10.0 Å². The predicted octanol–water partition coefficient (Wildman–Crippen LogP) is 0.668. The van der Waals surface area contributed by atoms with E-state index in [-0.39, 0.29) is 11.6 Å². The number of hydrogen-bond donors (Lipinski definition) is 0. The van der Waals surface area contributed by atoms with Crippen molar-refractivity contribution in [2.24, 2.45) is 7.05 Å². The Morgan fingerprint density at radius 3 is 2.81 bits per heavy atom. The van der Waals surface area contributed by atoms with Crippen LogP contribution < -0.4 is 0 Å². The van der Waals surface area contributed by atoms with E-state index >= 15 is 0 Å². The van der Waals surface area contributed by atoms with Gasteiger partial charge in [-0.3, -0.25) is 4.68 Å². The second kappa shape index (κ2) is 3.99. The molecular weight excluding hydrogens is 233 g/mol. The Bertz CT molecular complexity index is 521. The van der Waals surface area contributed by atoms with Crippen LogP contribution in [0.5, 0.6) is 0 Å². The lowest BCUT2D eigenvalue weighted by atomic mass is 10.3. The zero-order valence-corrected chi connectivity index (χ0v) is 9.61. The quantitative estimate of drug-likeness (QED) is 0.769. The van der Waals surface area contributed by atoms with Gasteiger partial charge >= 0.3 is 0 Å². The van der Waals surface area contributed by atoms with Gasteiger partial charge in [0.1, 0.15) is 5.83 Å². The highest BCUT2D eigenvalue weighted by molar-refractivity contribution is 7.89. The molecule has 0 N–H and O–H groups in total. The Balaban J connectivity index is 2.34. The zero-order valence-electron chi connectivity index (χ0n) is 8.80. The van der Waals surface area contributed by atoms with Crippen molar-refractivity contribution in [2.45, 2.75) is 11.4 Å². The molecular formula is C9H12FN3O2S. The maximum atomic E-state index is 13.0. The molecule has 1 aromatic rings. The third-order valence-electron chi connectivity index (χ3n) is 2.45. The maximum absolute atomic E-state index is 13.0. The van der Waals surface area contributed by atoms with Crippen molar-refractivity contribution in [1.29, 1.82) is 0 Å². The molecule has 0 saturated carbocycles. The second-order valence-electron chi connectivity index (χ2n) is 3.57. The number of aromatic nitrogens is 2. The first-order valence-electron chi connectivity index (χ1n) is 4.84. The number of sulfonamides is 1. The van der Waals surface area contributed by atoms with Crippen LogP contribution in [0.15, 0.2) is 29.2 Å². The van der Waals surface area contributed by atoms with E-state index in [0.717, 1.165) is 4.31 Å². The van der Waals surface area contributed by atoms with Crippen LogP contribution in [0.25, 0.3) is 0 Å². The molecule has 0 atom stereocenters. The maximum Gasteiger partial charge on any atom is 0.260 e. The fraction of sp³-hybridized carbons (Fsp3) is 0.444. The van der Waals surface area contributed by atoms with Crippen molar-refractivity contribution in [1.82, 2.24) is 14.1 Å². The average Bonchev–Trinajstić information content (AvgIpc) is 2.65. The van der Waals surface area contributed by atoms with Gasteiger partial charge in [0.2, 0.25) is 0 Å². The molecule has 5 nitrogen and oxygen atoms in total. The molecule has 0 spiro atoms. The molecule has 88 valence electrons. The summed E-state index contributed by atoms with van der Waals surface area (Å²) in [5.74, 6) is -0.406. The van der Waals surface area contributed by atoms with E-state index in [1.54, 1.807) is 7.05 Å². The standard InChI is InChI=1S/C9H12FN3O2S/c1-12-9(4-5-11-12)16(14,15)13-6-2-3-8(10)7-13/h3-5H,2,6-7H2,1H3. The SMILES string of the molecule is Cn1nccc1S(=O)(=O)N1CCC=C(F)C1.